The van der Waals surface area contributed by atoms with Crippen molar-refractivity contribution >= 4 is 0 Å². The summed E-state index contributed by atoms with van der Waals surface area (Å²) >= 11 is 0. The molecule has 1 rings (SSSR count). The van der Waals surface area contributed by atoms with E-state index in [1.807, 2.05) is 13.8 Å². The van der Waals surface area contributed by atoms with E-state index in [1.165, 1.54) is 12.4 Å². The number of aromatic nitrogens is 2. The van der Waals surface area contributed by atoms with Crippen molar-refractivity contribution in [3.05, 3.63) is 18.2 Å². The second-order valence-electron chi connectivity index (χ2n) is 3.62. The standard InChI is InChI=1S/C9H14F3N3/c1-7(2)14-5-8-13-3-4-15(8)6-9(10,11)12/h3-4,7,14H,5-6H2,1-2H3. The number of hydrogen-bond donors (Lipinski definition) is 1. The van der Waals surface area contributed by atoms with E-state index >= 15 is 0 Å². The largest absolute Gasteiger partial charge is 0.406 e. The molecule has 3 nitrogen and oxygen atoms in total. The van der Waals surface area contributed by atoms with Gasteiger partial charge >= 0.3 is 6.18 Å². The van der Waals surface area contributed by atoms with Gasteiger partial charge in [0, 0.05) is 18.4 Å². The van der Waals surface area contributed by atoms with Crippen LogP contribution in [0.4, 0.5) is 13.2 Å². The average Bonchev–Trinajstić information content (AvgIpc) is 2.45. The second-order valence-corrected chi connectivity index (χ2v) is 3.62. The summed E-state index contributed by atoms with van der Waals surface area (Å²) in [6.07, 6.45) is -1.48. The lowest BCUT2D eigenvalue weighted by atomic mass is 10.4. The van der Waals surface area contributed by atoms with Crippen molar-refractivity contribution in [1.29, 1.82) is 0 Å². The molecule has 0 unspecified atom stereocenters. The summed E-state index contributed by atoms with van der Waals surface area (Å²) < 4.78 is 37.5. The van der Waals surface area contributed by atoms with Crippen molar-refractivity contribution in [3.8, 4) is 0 Å². The molecule has 1 heterocycles. The van der Waals surface area contributed by atoms with Gasteiger partial charge in [0.2, 0.25) is 0 Å². The maximum absolute atomic E-state index is 12.1. The van der Waals surface area contributed by atoms with E-state index in [0.717, 1.165) is 4.57 Å². The zero-order valence-electron chi connectivity index (χ0n) is 8.67. The Balaban J connectivity index is 2.61. The lowest BCUT2D eigenvalue weighted by Gasteiger charge is -2.12. The van der Waals surface area contributed by atoms with E-state index in [9.17, 15) is 13.2 Å². The average molecular weight is 221 g/mol. The lowest BCUT2D eigenvalue weighted by molar-refractivity contribution is -0.141. The number of hydrogen-bond acceptors (Lipinski definition) is 2. The van der Waals surface area contributed by atoms with Gasteiger partial charge in [-0.2, -0.15) is 13.2 Å². The smallest absolute Gasteiger partial charge is 0.325 e. The van der Waals surface area contributed by atoms with Gasteiger partial charge in [-0.3, -0.25) is 0 Å². The molecule has 15 heavy (non-hydrogen) atoms. The number of alkyl halides is 3. The first-order valence-electron chi connectivity index (χ1n) is 4.68. The normalized spacial score (nSPS) is 12.4. The molecule has 6 heteroatoms. The van der Waals surface area contributed by atoms with Gasteiger partial charge in [0.15, 0.2) is 0 Å². The van der Waals surface area contributed by atoms with Crippen LogP contribution in [-0.4, -0.2) is 21.8 Å². The lowest BCUT2D eigenvalue weighted by Crippen LogP contribution is -2.26. The number of rotatable bonds is 4. The SMILES string of the molecule is CC(C)NCc1nccn1CC(F)(F)F. The van der Waals surface area contributed by atoms with Crippen LogP contribution in [0.3, 0.4) is 0 Å². The Morgan fingerprint density at radius 1 is 1.47 bits per heavy atom. The molecular weight excluding hydrogens is 207 g/mol. The third-order valence-corrected chi connectivity index (χ3v) is 1.82. The molecule has 0 aliphatic heterocycles. The van der Waals surface area contributed by atoms with Crippen LogP contribution < -0.4 is 5.32 Å². The van der Waals surface area contributed by atoms with Crippen LogP contribution >= 0.6 is 0 Å². The number of nitrogens with one attached hydrogen (secondary N) is 1. The first kappa shape index (κ1) is 12.0. The highest BCUT2D eigenvalue weighted by Crippen LogP contribution is 2.18. The number of halogens is 3. The molecule has 0 spiro atoms. The van der Waals surface area contributed by atoms with Crippen LogP contribution in [0.2, 0.25) is 0 Å². The number of nitrogens with zero attached hydrogens (tertiary/aromatic N) is 2. The Bertz CT molecular complexity index is 304. The zero-order valence-corrected chi connectivity index (χ0v) is 8.67. The summed E-state index contributed by atoms with van der Waals surface area (Å²) in [5, 5.41) is 3.02. The van der Waals surface area contributed by atoms with E-state index in [4.69, 9.17) is 0 Å². The molecular formula is C9H14F3N3. The van der Waals surface area contributed by atoms with Crippen molar-refractivity contribution < 1.29 is 13.2 Å². The van der Waals surface area contributed by atoms with Crippen LogP contribution in [0.25, 0.3) is 0 Å². The van der Waals surface area contributed by atoms with Crippen LogP contribution in [0.1, 0.15) is 19.7 Å². The van der Waals surface area contributed by atoms with Crippen molar-refractivity contribution in [3.63, 3.8) is 0 Å². The summed E-state index contributed by atoms with van der Waals surface area (Å²) in [6.45, 7) is 3.22. The van der Waals surface area contributed by atoms with E-state index in [2.05, 4.69) is 10.3 Å². The minimum absolute atomic E-state index is 0.223. The Morgan fingerprint density at radius 3 is 2.67 bits per heavy atom. The molecule has 0 saturated heterocycles. The van der Waals surface area contributed by atoms with Crippen LogP contribution in [0.15, 0.2) is 12.4 Å². The molecule has 0 aliphatic rings. The molecule has 0 atom stereocenters. The quantitative estimate of drug-likeness (QED) is 0.842. The monoisotopic (exact) mass is 221 g/mol. The summed E-state index contributed by atoms with van der Waals surface area (Å²) in [5.41, 5.74) is 0. The Labute approximate surface area is 86.3 Å². The van der Waals surface area contributed by atoms with Crippen molar-refractivity contribution in [2.45, 2.75) is 39.2 Å². The fourth-order valence-electron chi connectivity index (χ4n) is 1.14. The second kappa shape index (κ2) is 4.65. The summed E-state index contributed by atoms with van der Waals surface area (Å²) in [7, 11) is 0. The molecule has 86 valence electrons. The van der Waals surface area contributed by atoms with E-state index in [1.54, 1.807) is 0 Å². The molecule has 1 N–H and O–H groups in total. The van der Waals surface area contributed by atoms with Crippen LogP contribution in [-0.2, 0) is 13.1 Å². The maximum atomic E-state index is 12.1. The van der Waals surface area contributed by atoms with E-state index < -0.39 is 12.7 Å². The molecule has 0 aromatic carbocycles. The van der Waals surface area contributed by atoms with Gasteiger partial charge in [0.1, 0.15) is 12.4 Å². The maximum Gasteiger partial charge on any atom is 0.406 e. The highest BCUT2D eigenvalue weighted by Gasteiger charge is 2.28. The van der Waals surface area contributed by atoms with Crippen LogP contribution in [0.5, 0.6) is 0 Å². The van der Waals surface area contributed by atoms with Gasteiger partial charge in [0.25, 0.3) is 0 Å². The first-order valence-corrected chi connectivity index (χ1v) is 4.68. The Hall–Kier alpha value is -1.04. The van der Waals surface area contributed by atoms with Crippen molar-refractivity contribution in [1.82, 2.24) is 14.9 Å². The fraction of sp³-hybridized carbons (Fsp3) is 0.667. The molecule has 0 amide bonds. The summed E-state index contributed by atoms with van der Waals surface area (Å²) in [4.78, 5) is 3.87. The molecule has 1 aromatic heterocycles. The predicted octanol–water partition coefficient (Wildman–Crippen LogP) is 1.94. The van der Waals surface area contributed by atoms with Gasteiger partial charge in [0.05, 0.1) is 6.54 Å². The fourth-order valence-corrected chi connectivity index (χ4v) is 1.14. The molecule has 0 bridgehead atoms. The topological polar surface area (TPSA) is 29.9 Å². The van der Waals surface area contributed by atoms with Gasteiger partial charge in [-0.15, -0.1) is 0 Å². The zero-order chi connectivity index (χ0) is 11.5. The first-order chi connectivity index (χ1) is 6.88. The summed E-state index contributed by atoms with van der Waals surface area (Å²) in [5.74, 6) is 0.404. The van der Waals surface area contributed by atoms with Gasteiger partial charge in [-0.05, 0) is 0 Å². The molecule has 0 radical (unpaired) electrons. The highest BCUT2D eigenvalue weighted by molar-refractivity contribution is 4.92. The van der Waals surface area contributed by atoms with Crippen molar-refractivity contribution in [2.75, 3.05) is 0 Å². The molecule has 1 aromatic rings. The van der Waals surface area contributed by atoms with E-state index in [-0.39, 0.29) is 6.04 Å². The Morgan fingerprint density at radius 2 is 2.13 bits per heavy atom. The summed E-state index contributed by atoms with van der Waals surface area (Å²) in [6, 6.07) is 0.223. The molecule has 0 aliphatic carbocycles. The minimum atomic E-state index is -4.20. The van der Waals surface area contributed by atoms with Crippen molar-refractivity contribution in [2.24, 2.45) is 0 Å². The van der Waals surface area contributed by atoms with E-state index in [0.29, 0.717) is 12.4 Å². The highest BCUT2D eigenvalue weighted by atomic mass is 19.4. The Kier molecular flexibility index (Phi) is 3.73. The van der Waals surface area contributed by atoms with Gasteiger partial charge < -0.3 is 9.88 Å². The molecule has 0 saturated carbocycles. The number of imidazole rings is 1. The third-order valence-electron chi connectivity index (χ3n) is 1.82. The minimum Gasteiger partial charge on any atom is -0.325 e. The van der Waals surface area contributed by atoms with Crippen LogP contribution in [0, 0.1) is 0 Å². The third kappa shape index (κ3) is 4.33. The van der Waals surface area contributed by atoms with Gasteiger partial charge in [-0.25, -0.2) is 4.98 Å². The van der Waals surface area contributed by atoms with Gasteiger partial charge in [-0.1, -0.05) is 13.8 Å². The predicted molar refractivity (Wildman–Crippen MR) is 50.3 cm³/mol. The molecule has 0 fully saturated rings.